The highest BCUT2D eigenvalue weighted by molar-refractivity contribution is 7.03. The summed E-state index contributed by atoms with van der Waals surface area (Å²) in [5.41, 5.74) is 1.68. The van der Waals surface area contributed by atoms with Crippen LogP contribution in [0, 0.1) is 0 Å². The number of nitrogens with zero attached hydrogens (tertiary/aromatic N) is 10. The van der Waals surface area contributed by atoms with Gasteiger partial charge in [-0.1, -0.05) is 134 Å². The van der Waals surface area contributed by atoms with Crippen molar-refractivity contribution in [3.63, 3.8) is 0 Å². The molecule has 13 heteroatoms. The van der Waals surface area contributed by atoms with E-state index in [0.29, 0.717) is 0 Å². The predicted molar refractivity (Wildman–Crippen MR) is 203 cm³/mol. The van der Waals surface area contributed by atoms with Crippen LogP contribution in [0.4, 0.5) is 0 Å². The van der Waals surface area contributed by atoms with E-state index in [-0.39, 0.29) is 0 Å². The molecule has 0 aliphatic heterocycles. The van der Waals surface area contributed by atoms with E-state index in [1.807, 2.05) is 166 Å². The number of hydrogen-bond donors (Lipinski definition) is 0. The number of aryl methyl sites for hydroxylation is 2. The molecule has 0 bridgehead atoms. The molecule has 5 heterocycles. The molecule has 5 rings (SSSR count). The van der Waals surface area contributed by atoms with Crippen LogP contribution in [-0.4, -0.2) is 48.2 Å². The average molecular weight is 677 g/mol. The Morgan fingerprint density at radius 3 is 1.04 bits per heavy atom. The fourth-order valence-corrected chi connectivity index (χ4v) is 1.60. The number of rotatable bonds is 0. The highest BCUT2D eigenvalue weighted by Crippen LogP contribution is 1.78. The molecule has 0 aliphatic rings. The van der Waals surface area contributed by atoms with Crippen molar-refractivity contribution in [2.24, 2.45) is 14.1 Å². The summed E-state index contributed by atoms with van der Waals surface area (Å²) in [5, 5.41) is 8.55. The smallest absolute Gasteiger partial charge is 0.213 e. The lowest BCUT2D eigenvalue weighted by atomic mass is 10.9. The third-order valence-corrected chi connectivity index (χ3v) is 2.99. The van der Waals surface area contributed by atoms with Crippen LogP contribution in [0.5, 0.6) is 0 Å². The predicted octanol–water partition coefficient (Wildman–Crippen LogP) is 11.2. The normalized spacial score (nSPS) is 6.22. The maximum absolute atomic E-state index is 4.22. The van der Waals surface area contributed by atoms with E-state index < -0.39 is 0 Å². The third kappa shape index (κ3) is 92.3. The van der Waals surface area contributed by atoms with Gasteiger partial charge in [-0.2, -0.15) is 4.37 Å². The summed E-state index contributed by atoms with van der Waals surface area (Å²) in [6.07, 6.45) is 16.6. The zero-order valence-electron chi connectivity index (χ0n) is 32.6. The molecule has 268 valence electrons. The van der Waals surface area contributed by atoms with E-state index in [2.05, 4.69) is 43.6 Å². The molecule has 0 unspecified atom stereocenters. The van der Waals surface area contributed by atoms with E-state index in [1.54, 1.807) is 36.8 Å². The molecule has 0 radical (unpaired) electrons. The second kappa shape index (κ2) is 97.1. The van der Waals surface area contributed by atoms with Gasteiger partial charge in [-0.05, 0) is 23.1 Å². The monoisotopic (exact) mass is 677 g/mol. The van der Waals surface area contributed by atoms with Crippen LogP contribution in [0.1, 0.15) is 125 Å². The highest BCUT2D eigenvalue weighted by Gasteiger charge is 1.70. The van der Waals surface area contributed by atoms with Crippen LogP contribution in [0.3, 0.4) is 0 Å². The molecule has 0 saturated carbocycles. The minimum absolute atomic E-state index is 1.26. The Hall–Kier alpha value is -3.32. The topological polar surface area (TPSA) is 126 Å². The summed E-state index contributed by atoms with van der Waals surface area (Å²) in [7, 11) is 3.88. The Balaban J connectivity index is -0.0000000459. The third-order valence-electron chi connectivity index (χ3n) is 2.12. The van der Waals surface area contributed by atoms with E-state index >= 15 is 0 Å². The summed E-state index contributed by atoms with van der Waals surface area (Å²) in [6.45, 7) is 36.0. The van der Waals surface area contributed by atoms with Crippen LogP contribution in [0.15, 0.2) is 78.1 Å². The van der Waals surface area contributed by atoms with Crippen molar-refractivity contribution in [2.75, 3.05) is 0 Å². The number of imidazole rings is 2. The Kier molecular flexibility index (Phi) is 139. The van der Waals surface area contributed by atoms with Crippen LogP contribution < -0.4 is 0 Å². The molecular formula is C32H72N10OS2. The molecule has 5 aromatic heterocycles. The minimum atomic E-state index is 1.26. The molecule has 0 aromatic carbocycles. The number of aromatic nitrogens is 10. The van der Waals surface area contributed by atoms with Gasteiger partial charge in [0.1, 0.15) is 11.8 Å². The van der Waals surface area contributed by atoms with Gasteiger partial charge in [-0.15, -0.1) is 5.10 Å². The Labute approximate surface area is 287 Å². The molecule has 0 spiro atoms. The first-order valence-electron chi connectivity index (χ1n) is 16.2. The number of hydrogen-bond acceptors (Lipinski definition) is 11. The fraction of sp³-hybridized carbons (Fsp3) is 0.625. The quantitative estimate of drug-likeness (QED) is 0.157. The Morgan fingerprint density at radius 2 is 0.956 bits per heavy atom. The first-order chi connectivity index (χ1) is 22.3. The lowest BCUT2D eigenvalue weighted by Crippen LogP contribution is -1.76. The van der Waals surface area contributed by atoms with Gasteiger partial charge in [-0.3, -0.25) is 0 Å². The molecule has 45 heavy (non-hydrogen) atoms. The molecule has 0 atom stereocenters. The summed E-state index contributed by atoms with van der Waals surface area (Å²) >= 11 is 2.70. The van der Waals surface area contributed by atoms with Crippen LogP contribution >= 0.6 is 23.1 Å². The van der Waals surface area contributed by atoms with E-state index in [9.17, 15) is 0 Å². The second-order valence-electron chi connectivity index (χ2n) is 4.21. The van der Waals surface area contributed by atoms with Crippen LogP contribution in [0.2, 0.25) is 0 Å². The molecule has 0 N–H and O–H groups in total. The molecule has 11 nitrogen and oxygen atoms in total. The summed E-state index contributed by atoms with van der Waals surface area (Å²) in [4.78, 5) is 14.6. The van der Waals surface area contributed by atoms with Crippen LogP contribution in [0.25, 0.3) is 0 Å². The molecule has 0 fully saturated rings. The lowest BCUT2D eigenvalue weighted by molar-refractivity contribution is 0.416. The van der Waals surface area contributed by atoms with Crippen LogP contribution in [-0.2, 0) is 14.1 Å². The Morgan fingerprint density at radius 1 is 0.511 bits per heavy atom. The van der Waals surface area contributed by atoms with E-state index in [0.717, 1.165) is 0 Å². The molecule has 5 aromatic rings. The summed E-state index contributed by atoms with van der Waals surface area (Å²) < 4.78 is 15.2. The summed E-state index contributed by atoms with van der Waals surface area (Å²) in [6, 6.07) is 0. The van der Waals surface area contributed by atoms with Gasteiger partial charge in [-0.25, -0.2) is 19.9 Å². The largest absolute Gasteiger partial charge is 0.343 e. The van der Waals surface area contributed by atoms with E-state index in [4.69, 9.17) is 0 Å². The van der Waals surface area contributed by atoms with Crippen molar-refractivity contribution in [1.29, 1.82) is 0 Å². The minimum Gasteiger partial charge on any atom is -0.343 e. The van der Waals surface area contributed by atoms with Crippen molar-refractivity contribution in [2.45, 2.75) is 125 Å². The molecule has 0 amide bonds. The SMILES string of the molecule is CC.CC.CC.CC.CC.CC.CC.CC.CC.Cn1ccnc1.Cn1ccnc1.c1csnn1.c1ncon1.c1ncsn1. The van der Waals surface area contributed by atoms with Crippen molar-refractivity contribution < 1.29 is 4.52 Å². The first-order valence-corrected chi connectivity index (χ1v) is 17.9. The van der Waals surface area contributed by atoms with Gasteiger partial charge in [0.15, 0.2) is 6.33 Å². The second-order valence-corrected chi connectivity index (χ2v) is 5.48. The maximum atomic E-state index is 4.22. The zero-order chi connectivity index (χ0) is 37.4. The first kappa shape index (κ1) is 64.6. The van der Waals surface area contributed by atoms with Gasteiger partial charge in [0.05, 0.1) is 18.9 Å². The van der Waals surface area contributed by atoms with Gasteiger partial charge in [0.2, 0.25) is 6.39 Å². The van der Waals surface area contributed by atoms with Crippen molar-refractivity contribution in [3.05, 3.63) is 73.6 Å². The summed E-state index contributed by atoms with van der Waals surface area (Å²) in [5.74, 6) is 0. The van der Waals surface area contributed by atoms with Gasteiger partial charge in [0, 0.05) is 44.3 Å². The Bertz CT molecular complexity index is 666. The van der Waals surface area contributed by atoms with Gasteiger partial charge >= 0.3 is 0 Å². The standard InChI is InChI=1S/2C4H6N2.C2H2N2O.2C2H2N2S.9C2H6/c2*1-6-3-2-5-4-6;2*1-3-2-5-4-1;1-2-5-4-3-1;9*1-2/h2*2-4H,1H3;3*1-2H;9*1-2H3. The van der Waals surface area contributed by atoms with E-state index in [1.165, 1.54) is 42.1 Å². The van der Waals surface area contributed by atoms with Crippen molar-refractivity contribution in [1.82, 2.24) is 48.2 Å². The van der Waals surface area contributed by atoms with Gasteiger partial charge < -0.3 is 13.7 Å². The highest BCUT2D eigenvalue weighted by atomic mass is 32.1. The van der Waals surface area contributed by atoms with Gasteiger partial charge in [0.25, 0.3) is 0 Å². The van der Waals surface area contributed by atoms with Crippen molar-refractivity contribution in [3.8, 4) is 0 Å². The maximum Gasteiger partial charge on any atom is 0.213 e. The molecular weight excluding hydrogens is 605 g/mol. The zero-order valence-corrected chi connectivity index (χ0v) is 34.3. The van der Waals surface area contributed by atoms with Crippen molar-refractivity contribution >= 4 is 23.1 Å². The molecule has 0 saturated heterocycles. The fourth-order valence-electron chi connectivity index (χ4n) is 1.06. The lowest BCUT2D eigenvalue weighted by Gasteiger charge is -1.76. The molecule has 0 aliphatic carbocycles. The average Bonchev–Trinajstić information content (AvgIpc) is 4.02.